The molecule has 0 aliphatic heterocycles. The van der Waals surface area contributed by atoms with Crippen molar-refractivity contribution in [1.29, 1.82) is 0 Å². The first-order valence-corrected chi connectivity index (χ1v) is 3.42. The number of amidine groups is 1. The molecule has 60 valence electrons. The Bertz CT molecular complexity index is 124. The van der Waals surface area contributed by atoms with E-state index in [1.54, 1.807) is 0 Å². The average molecular weight is 144 g/mol. The van der Waals surface area contributed by atoms with Crippen molar-refractivity contribution in [2.45, 2.75) is 33.6 Å². The Balaban J connectivity index is 3.56. The molecule has 0 saturated heterocycles. The van der Waals surface area contributed by atoms with Gasteiger partial charge in [0, 0.05) is 6.42 Å². The molecule has 0 aromatic rings. The standard InChI is InChI=1S/C7H16N2O/c1-7(2,3)5-4-6(8)9-10/h10H,4-5H2,1-3H3,(H2,8,9). The molecule has 0 aliphatic rings. The van der Waals surface area contributed by atoms with Gasteiger partial charge in [0.15, 0.2) is 0 Å². The van der Waals surface area contributed by atoms with Gasteiger partial charge in [0.05, 0.1) is 0 Å². The van der Waals surface area contributed by atoms with Crippen LogP contribution in [0.5, 0.6) is 0 Å². The van der Waals surface area contributed by atoms with Crippen LogP contribution in [-0.2, 0) is 0 Å². The number of nitrogens with two attached hydrogens (primary N) is 1. The summed E-state index contributed by atoms with van der Waals surface area (Å²) in [5.74, 6) is 0.315. The molecule has 0 aromatic heterocycles. The quantitative estimate of drug-likeness (QED) is 0.267. The van der Waals surface area contributed by atoms with Gasteiger partial charge in [-0.2, -0.15) is 0 Å². The molecule has 3 heteroatoms. The Labute approximate surface area is 61.9 Å². The maximum atomic E-state index is 8.19. The number of rotatable bonds is 2. The van der Waals surface area contributed by atoms with Gasteiger partial charge in [-0.15, -0.1) is 0 Å². The number of oxime groups is 1. The second kappa shape index (κ2) is 3.44. The normalized spacial score (nSPS) is 13.7. The highest BCUT2D eigenvalue weighted by atomic mass is 16.4. The summed E-state index contributed by atoms with van der Waals surface area (Å²) in [6, 6.07) is 0. The zero-order chi connectivity index (χ0) is 8.20. The minimum atomic E-state index is 0.259. The molecule has 0 spiro atoms. The van der Waals surface area contributed by atoms with Gasteiger partial charge in [-0.25, -0.2) is 0 Å². The van der Waals surface area contributed by atoms with Gasteiger partial charge in [0.2, 0.25) is 0 Å². The Hall–Kier alpha value is -0.730. The monoisotopic (exact) mass is 144 g/mol. The minimum absolute atomic E-state index is 0.259. The topological polar surface area (TPSA) is 58.6 Å². The lowest BCUT2D eigenvalue weighted by atomic mass is 9.90. The lowest BCUT2D eigenvalue weighted by Crippen LogP contribution is -2.15. The lowest BCUT2D eigenvalue weighted by molar-refractivity contribution is 0.313. The van der Waals surface area contributed by atoms with Crippen molar-refractivity contribution in [1.82, 2.24) is 0 Å². The number of hydrogen-bond acceptors (Lipinski definition) is 2. The van der Waals surface area contributed by atoms with E-state index >= 15 is 0 Å². The molecule has 10 heavy (non-hydrogen) atoms. The van der Waals surface area contributed by atoms with Crippen molar-refractivity contribution in [3.8, 4) is 0 Å². The van der Waals surface area contributed by atoms with E-state index < -0.39 is 0 Å². The van der Waals surface area contributed by atoms with Gasteiger partial charge in [-0.3, -0.25) is 0 Å². The lowest BCUT2D eigenvalue weighted by Gasteiger charge is -2.16. The smallest absolute Gasteiger partial charge is 0.139 e. The summed E-state index contributed by atoms with van der Waals surface area (Å²) >= 11 is 0. The Morgan fingerprint density at radius 2 is 2.00 bits per heavy atom. The van der Waals surface area contributed by atoms with Gasteiger partial charge in [0.1, 0.15) is 5.84 Å². The predicted molar refractivity (Wildman–Crippen MR) is 42.1 cm³/mol. The molecule has 0 bridgehead atoms. The molecule has 0 radical (unpaired) electrons. The third-order valence-corrected chi connectivity index (χ3v) is 1.26. The first-order valence-electron chi connectivity index (χ1n) is 3.42. The summed E-state index contributed by atoms with van der Waals surface area (Å²) < 4.78 is 0. The fourth-order valence-electron chi connectivity index (χ4n) is 0.553. The molecular formula is C7H16N2O. The molecular weight excluding hydrogens is 128 g/mol. The Morgan fingerprint density at radius 1 is 1.50 bits per heavy atom. The van der Waals surface area contributed by atoms with E-state index in [4.69, 9.17) is 10.9 Å². The maximum Gasteiger partial charge on any atom is 0.139 e. The molecule has 0 fully saturated rings. The molecule has 0 aromatic carbocycles. The molecule has 0 saturated carbocycles. The van der Waals surface area contributed by atoms with Gasteiger partial charge in [0.25, 0.3) is 0 Å². The molecule has 0 atom stereocenters. The third-order valence-electron chi connectivity index (χ3n) is 1.26. The van der Waals surface area contributed by atoms with Crippen LogP contribution in [-0.4, -0.2) is 11.0 Å². The number of hydrogen-bond donors (Lipinski definition) is 2. The van der Waals surface area contributed by atoms with E-state index in [1.807, 2.05) is 0 Å². The van der Waals surface area contributed by atoms with E-state index in [1.165, 1.54) is 0 Å². The van der Waals surface area contributed by atoms with Crippen LogP contribution >= 0.6 is 0 Å². The van der Waals surface area contributed by atoms with Crippen LogP contribution in [0.25, 0.3) is 0 Å². The van der Waals surface area contributed by atoms with Crippen LogP contribution in [0.15, 0.2) is 5.16 Å². The molecule has 0 aliphatic carbocycles. The van der Waals surface area contributed by atoms with Crippen LogP contribution in [0, 0.1) is 5.41 Å². The number of nitrogens with zero attached hydrogens (tertiary/aromatic N) is 1. The molecule has 0 heterocycles. The van der Waals surface area contributed by atoms with Crippen molar-refractivity contribution in [2.75, 3.05) is 0 Å². The van der Waals surface area contributed by atoms with Crippen molar-refractivity contribution in [2.24, 2.45) is 16.3 Å². The van der Waals surface area contributed by atoms with Crippen LogP contribution in [0.3, 0.4) is 0 Å². The van der Waals surface area contributed by atoms with Crippen LogP contribution in [0.4, 0.5) is 0 Å². The Morgan fingerprint density at radius 3 is 2.30 bits per heavy atom. The van der Waals surface area contributed by atoms with Crippen LogP contribution < -0.4 is 5.73 Å². The second-order valence-corrected chi connectivity index (χ2v) is 3.65. The van der Waals surface area contributed by atoms with E-state index in [9.17, 15) is 0 Å². The van der Waals surface area contributed by atoms with E-state index in [2.05, 4.69) is 25.9 Å². The van der Waals surface area contributed by atoms with Gasteiger partial charge >= 0.3 is 0 Å². The summed E-state index contributed by atoms with van der Waals surface area (Å²) in [7, 11) is 0. The SMILES string of the molecule is CC(C)(C)CC/C(N)=N/O. The highest BCUT2D eigenvalue weighted by Gasteiger charge is 2.10. The van der Waals surface area contributed by atoms with E-state index in [-0.39, 0.29) is 5.41 Å². The minimum Gasteiger partial charge on any atom is -0.409 e. The maximum absolute atomic E-state index is 8.19. The van der Waals surface area contributed by atoms with Crippen molar-refractivity contribution >= 4 is 5.84 Å². The van der Waals surface area contributed by atoms with Gasteiger partial charge in [-0.1, -0.05) is 25.9 Å². The van der Waals surface area contributed by atoms with Crippen LogP contribution in [0.2, 0.25) is 0 Å². The summed E-state index contributed by atoms with van der Waals surface area (Å²) in [6.07, 6.45) is 1.61. The Kier molecular flexibility index (Phi) is 3.19. The summed E-state index contributed by atoms with van der Waals surface area (Å²) in [4.78, 5) is 0. The first kappa shape index (κ1) is 9.27. The first-order chi connectivity index (χ1) is 4.45. The summed E-state index contributed by atoms with van der Waals surface area (Å²) in [5.41, 5.74) is 5.54. The van der Waals surface area contributed by atoms with Crippen LogP contribution in [0.1, 0.15) is 33.6 Å². The highest BCUT2D eigenvalue weighted by molar-refractivity contribution is 5.79. The third kappa shape index (κ3) is 5.41. The average Bonchev–Trinajstić information content (AvgIpc) is 1.81. The summed E-state index contributed by atoms with van der Waals surface area (Å²) in [5, 5.41) is 11.1. The zero-order valence-corrected chi connectivity index (χ0v) is 6.89. The molecule has 0 rings (SSSR count). The van der Waals surface area contributed by atoms with Crippen molar-refractivity contribution in [3.63, 3.8) is 0 Å². The zero-order valence-electron chi connectivity index (χ0n) is 6.89. The van der Waals surface area contributed by atoms with Gasteiger partial charge < -0.3 is 10.9 Å². The van der Waals surface area contributed by atoms with E-state index in [0.717, 1.165) is 6.42 Å². The fraction of sp³-hybridized carbons (Fsp3) is 0.857. The fourth-order valence-corrected chi connectivity index (χ4v) is 0.553. The van der Waals surface area contributed by atoms with E-state index in [0.29, 0.717) is 12.3 Å². The van der Waals surface area contributed by atoms with Crippen molar-refractivity contribution in [3.05, 3.63) is 0 Å². The second-order valence-electron chi connectivity index (χ2n) is 3.65. The van der Waals surface area contributed by atoms with Crippen molar-refractivity contribution < 1.29 is 5.21 Å². The molecule has 0 amide bonds. The van der Waals surface area contributed by atoms with Gasteiger partial charge in [-0.05, 0) is 11.8 Å². The predicted octanol–water partition coefficient (Wildman–Crippen LogP) is 1.56. The molecule has 3 N–H and O–H groups in total. The summed E-state index contributed by atoms with van der Waals surface area (Å²) in [6.45, 7) is 6.37. The molecule has 3 nitrogen and oxygen atoms in total. The highest BCUT2D eigenvalue weighted by Crippen LogP contribution is 2.19. The molecule has 0 unspecified atom stereocenters. The largest absolute Gasteiger partial charge is 0.409 e.